The lowest BCUT2D eigenvalue weighted by atomic mass is 9.92. The molecule has 1 unspecified atom stereocenters. The predicted octanol–water partition coefficient (Wildman–Crippen LogP) is 2.49. The maximum atomic E-state index is 11.9. The van der Waals surface area contributed by atoms with E-state index in [1.807, 2.05) is 17.0 Å². The van der Waals surface area contributed by atoms with E-state index in [1.165, 1.54) is 0 Å². The minimum absolute atomic E-state index is 0.187. The van der Waals surface area contributed by atoms with Gasteiger partial charge in [0, 0.05) is 37.3 Å². The van der Waals surface area contributed by atoms with Gasteiger partial charge in [0.1, 0.15) is 6.61 Å². The normalized spacial score (nSPS) is 26.3. The van der Waals surface area contributed by atoms with E-state index in [9.17, 15) is 4.79 Å². The number of fused-ring (bicyclic) bond motifs is 2. The molecule has 7 heteroatoms. The van der Waals surface area contributed by atoms with Gasteiger partial charge >= 0.3 is 6.09 Å². The third-order valence-corrected chi connectivity index (χ3v) is 5.36. The second kappa shape index (κ2) is 5.46. The van der Waals surface area contributed by atoms with Gasteiger partial charge in [0.05, 0.1) is 5.54 Å². The minimum Gasteiger partial charge on any atom is -0.454 e. The largest absolute Gasteiger partial charge is 0.454 e. The summed E-state index contributed by atoms with van der Waals surface area (Å²) in [5, 5.41) is 0.681. The molecule has 0 saturated carbocycles. The Bertz CT molecular complexity index is 653. The van der Waals surface area contributed by atoms with Crippen molar-refractivity contribution in [3.8, 4) is 11.5 Å². The van der Waals surface area contributed by atoms with Gasteiger partial charge in [-0.1, -0.05) is 18.5 Å². The number of ether oxygens (including phenoxy) is 3. The monoisotopic (exact) mass is 338 g/mol. The van der Waals surface area contributed by atoms with Gasteiger partial charge in [-0.15, -0.1) is 0 Å². The van der Waals surface area contributed by atoms with Crippen LogP contribution in [0.2, 0.25) is 5.02 Å². The van der Waals surface area contributed by atoms with E-state index >= 15 is 0 Å². The Labute approximate surface area is 139 Å². The summed E-state index contributed by atoms with van der Waals surface area (Å²) in [7, 11) is 0. The third kappa shape index (κ3) is 2.40. The molecule has 0 N–H and O–H groups in total. The fourth-order valence-corrected chi connectivity index (χ4v) is 3.82. The third-order valence-electron chi connectivity index (χ3n) is 5.01. The first-order chi connectivity index (χ1) is 11.1. The van der Waals surface area contributed by atoms with Crippen LogP contribution in [0.1, 0.15) is 18.9 Å². The molecular weight excluding hydrogens is 320 g/mol. The fourth-order valence-electron chi connectivity index (χ4n) is 3.60. The molecule has 0 aromatic heterocycles. The van der Waals surface area contributed by atoms with Crippen LogP contribution >= 0.6 is 11.6 Å². The first-order valence-corrected chi connectivity index (χ1v) is 8.24. The number of piperazine rings is 1. The topological polar surface area (TPSA) is 51.2 Å². The van der Waals surface area contributed by atoms with Gasteiger partial charge < -0.3 is 14.2 Å². The highest BCUT2D eigenvalue weighted by atomic mass is 35.5. The summed E-state index contributed by atoms with van der Waals surface area (Å²) in [4.78, 5) is 16.1. The minimum atomic E-state index is -0.210. The number of halogens is 1. The number of hydrogen-bond acceptors (Lipinski definition) is 5. The Kier molecular flexibility index (Phi) is 3.54. The van der Waals surface area contributed by atoms with E-state index in [4.69, 9.17) is 25.8 Å². The molecule has 1 atom stereocenters. The highest BCUT2D eigenvalue weighted by Crippen LogP contribution is 2.38. The molecule has 2 saturated heterocycles. The molecule has 0 aliphatic carbocycles. The van der Waals surface area contributed by atoms with Crippen molar-refractivity contribution in [1.29, 1.82) is 0 Å². The summed E-state index contributed by atoms with van der Waals surface area (Å²) in [5.41, 5.74) is 0.805. The molecule has 3 aliphatic rings. The quantitative estimate of drug-likeness (QED) is 0.847. The summed E-state index contributed by atoms with van der Waals surface area (Å²) < 4.78 is 16.1. The van der Waals surface area contributed by atoms with Crippen LogP contribution in [0.4, 0.5) is 4.79 Å². The second-order valence-electron chi connectivity index (χ2n) is 6.29. The summed E-state index contributed by atoms with van der Waals surface area (Å²) in [6.45, 7) is 5.82. The van der Waals surface area contributed by atoms with Gasteiger partial charge in [-0.25, -0.2) is 4.79 Å². The molecule has 3 heterocycles. The zero-order valence-electron chi connectivity index (χ0n) is 13.0. The molecule has 0 radical (unpaired) electrons. The Morgan fingerprint density at radius 3 is 2.78 bits per heavy atom. The van der Waals surface area contributed by atoms with Crippen molar-refractivity contribution in [2.75, 3.05) is 33.0 Å². The summed E-state index contributed by atoms with van der Waals surface area (Å²) in [5.74, 6) is 1.44. The Balaban J connectivity index is 1.53. The summed E-state index contributed by atoms with van der Waals surface area (Å²) >= 11 is 6.38. The molecule has 2 fully saturated rings. The van der Waals surface area contributed by atoms with Crippen LogP contribution in [0.15, 0.2) is 12.1 Å². The molecule has 0 spiro atoms. The van der Waals surface area contributed by atoms with Crippen molar-refractivity contribution in [3.05, 3.63) is 22.7 Å². The first kappa shape index (κ1) is 14.9. The van der Waals surface area contributed by atoms with Crippen molar-refractivity contribution in [1.82, 2.24) is 9.80 Å². The highest BCUT2D eigenvalue weighted by Gasteiger charge is 2.49. The summed E-state index contributed by atoms with van der Waals surface area (Å²) in [6.07, 6.45) is 0.692. The maximum absolute atomic E-state index is 11.9. The van der Waals surface area contributed by atoms with E-state index in [0.29, 0.717) is 23.9 Å². The number of rotatable bonds is 3. The molecular formula is C16H19ClN2O4. The van der Waals surface area contributed by atoms with E-state index in [-0.39, 0.29) is 18.4 Å². The molecule has 0 bridgehead atoms. The summed E-state index contributed by atoms with van der Waals surface area (Å²) in [6, 6.07) is 3.76. The molecule has 1 aromatic carbocycles. The van der Waals surface area contributed by atoms with Crippen LogP contribution in [-0.2, 0) is 11.3 Å². The van der Waals surface area contributed by atoms with Gasteiger partial charge in [-0.3, -0.25) is 9.80 Å². The van der Waals surface area contributed by atoms with Gasteiger partial charge in [-0.2, -0.15) is 0 Å². The van der Waals surface area contributed by atoms with Crippen LogP contribution in [-0.4, -0.2) is 54.5 Å². The van der Waals surface area contributed by atoms with Crippen molar-refractivity contribution >= 4 is 17.7 Å². The molecule has 124 valence electrons. The van der Waals surface area contributed by atoms with Crippen LogP contribution in [0.5, 0.6) is 11.5 Å². The van der Waals surface area contributed by atoms with Gasteiger partial charge in [0.2, 0.25) is 6.79 Å². The van der Waals surface area contributed by atoms with Gasteiger partial charge in [-0.05, 0) is 18.1 Å². The first-order valence-electron chi connectivity index (χ1n) is 7.86. The molecule has 4 rings (SSSR count). The van der Waals surface area contributed by atoms with Crippen LogP contribution in [0, 0.1) is 0 Å². The molecule has 3 aliphatic heterocycles. The van der Waals surface area contributed by atoms with Gasteiger partial charge in [0.15, 0.2) is 11.5 Å². The van der Waals surface area contributed by atoms with E-state index in [1.54, 1.807) is 0 Å². The zero-order valence-corrected chi connectivity index (χ0v) is 13.8. The van der Waals surface area contributed by atoms with Crippen LogP contribution in [0.25, 0.3) is 0 Å². The maximum Gasteiger partial charge on any atom is 0.410 e. The number of hydrogen-bond donors (Lipinski definition) is 0. The van der Waals surface area contributed by atoms with Crippen molar-refractivity contribution in [2.45, 2.75) is 25.4 Å². The lowest BCUT2D eigenvalue weighted by Crippen LogP contribution is -2.60. The van der Waals surface area contributed by atoms with E-state index in [2.05, 4.69) is 11.8 Å². The van der Waals surface area contributed by atoms with Crippen molar-refractivity contribution in [2.24, 2.45) is 0 Å². The lowest BCUT2D eigenvalue weighted by molar-refractivity contribution is 0.0449. The van der Waals surface area contributed by atoms with E-state index < -0.39 is 0 Å². The average Bonchev–Trinajstić information content (AvgIpc) is 3.12. The second-order valence-corrected chi connectivity index (χ2v) is 6.70. The predicted molar refractivity (Wildman–Crippen MR) is 83.9 cm³/mol. The van der Waals surface area contributed by atoms with Crippen LogP contribution in [0.3, 0.4) is 0 Å². The Hall–Kier alpha value is -1.66. The smallest absolute Gasteiger partial charge is 0.410 e. The average molecular weight is 339 g/mol. The Morgan fingerprint density at radius 2 is 2.00 bits per heavy atom. The molecule has 1 amide bonds. The zero-order chi connectivity index (χ0) is 16.0. The number of nitrogens with zero attached hydrogens (tertiary/aromatic N) is 2. The number of cyclic esters (lactones) is 1. The SMILES string of the molecule is CCC12COC(=O)N1CCN(Cc1cc3c(cc1Cl)OCO3)C2. The lowest BCUT2D eigenvalue weighted by Gasteiger charge is -2.44. The number of carbonyl (C=O) groups is 1. The molecule has 6 nitrogen and oxygen atoms in total. The fraction of sp³-hybridized carbons (Fsp3) is 0.562. The molecule has 23 heavy (non-hydrogen) atoms. The Morgan fingerprint density at radius 1 is 1.22 bits per heavy atom. The number of benzene rings is 1. The van der Waals surface area contributed by atoms with E-state index in [0.717, 1.165) is 37.4 Å². The molecule has 1 aromatic rings. The van der Waals surface area contributed by atoms with Crippen molar-refractivity contribution < 1.29 is 19.0 Å². The standard InChI is InChI=1S/C16H19ClN2O4/c1-2-16-8-18(3-4-19(16)15(20)21-9-16)7-11-5-13-14(6-12(11)17)23-10-22-13/h5-6H,2-4,7-10H2,1H3. The van der Waals surface area contributed by atoms with Crippen LogP contribution < -0.4 is 9.47 Å². The highest BCUT2D eigenvalue weighted by molar-refractivity contribution is 6.31. The van der Waals surface area contributed by atoms with Crippen molar-refractivity contribution in [3.63, 3.8) is 0 Å². The number of carbonyl (C=O) groups excluding carboxylic acids is 1. The van der Waals surface area contributed by atoms with Gasteiger partial charge in [0.25, 0.3) is 0 Å². The number of amides is 1.